The molecule has 1 aromatic carbocycles. The highest BCUT2D eigenvalue weighted by atomic mass is 16.2. The summed E-state index contributed by atoms with van der Waals surface area (Å²) in [6, 6.07) is 9.58. The molecule has 0 spiro atoms. The van der Waals surface area contributed by atoms with Gasteiger partial charge in [-0.2, -0.15) is 10.1 Å². The molecule has 0 saturated heterocycles. The Morgan fingerprint density at radius 3 is 2.75 bits per heavy atom. The van der Waals surface area contributed by atoms with E-state index in [1.54, 1.807) is 0 Å². The third kappa shape index (κ3) is 2.25. The Morgan fingerprint density at radius 1 is 1.38 bits per heavy atom. The van der Waals surface area contributed by atoms with Crippen molar-refractivity contribution in [1.82, 2.24) is 15.2 Å². The van der Waals surface area contributed by atoms with Gasteiger partial charge in [-0.1, -0.05) is 30.3 Å². The monoisotopic (exact) mass is 216 g/mol. The average molecular weight is 216 g/mol. The molecule has 2 N–H and O–H groups in total. The van der Waals surface area contributed by atoms with E-state index in [1.165, 1.54) is 6.33 Å². The summed E-state index contributed by atoms with van der Waals surface area (Å²) in [4.78, 5) is 15.6. The lowest BCUT2D eigenvalue weighted by molar-refractivity contribution is -0.117. The van der Waals surface area contributed by atoms with Gasteiger partial charge in [0.05, 0.1) is 5.92 Å². The largest absolute Gasteiger partial charge is 0.294 e. The van der Waals surface area contributed by atoms with Gasteiger partial charge in [-0.3, -0.25) is 10.1 Å². The Morgan fingerprint density at radius 2 is 2.12 bits per heavy atom. The summed E-state index contributed by atoms with van der Waals surface area (Å²) in [6.07, 6.45) is 1.35. The standard InChI is InChI=1S/C11H12N4O/c1-8(9-5-3-2-4-6-9)10(16)14-11-12-7-13-15-11/h2-8H,1H3,(H2,12,13,14,15,16). The quantitative estimate of drug-likeness (QED) is 0.817. The topological polar surface area (TPSA) is 70.7 Å². The van der Waals surface area contributed by atoms with Crippen molar-refractivity contribution in [3.8, 4) is 0 Å². The Labute approximate surface area is 92.9 Å². The summed E-state index contributed by atoms with van der Waals surface area (Å²) in [5.74, 6) is 0.0435. The Kier molecular flexibility index (Phi) is 2.95. The van der Waals surface area contributed by atoms with E-state index in [-0.39, 0.29) is 11.8 Å². The van der Waals surface area contributed by atoms with Gasteiger partial charge in [0.2, 0.25) is 11.9 Å². The highest BCUT2D eigenvalue weighted by Crippen LogP contribution is 2.15. The maximum absolute atomic E-state index is 11.8. The third-order valence-corrected chi connectivity index (χ3v) is 2.35. The first-order chi connectivity index (χ1) is 7.77. The predicted molar refractivity (Wildman–Crippen MR) is 59.9 cm³/mol. The zero-order valence-corrected chi connectivity index (χ0v) is 8.84. The zero-order chi connectivity index (χ0) is 11.4. The Hall–Kier alpha value is -2.17. The molecule has 82 valence electrons. The minimum Gasteiger partial charge on any atom is -0.294 e. The molecule has 0 radical (unpaired) electrons. The Bertz CT molecular complexity index is 452. The molecule has 1 unspecified atom stereocenters. The van der Waals surface area contributed by atoms with E-state index in [2.05, 4.69) is 20.5 Å². The van der Waals surface area contributed by atoms with Crippen molar-refractivity contribution in [1.29, 1.82) is 0 Å². The molecule has 5 heteroatoms. The summed E-state index contributed by atoms with van der Waals surface area (Å²) in [7, 11) is 0. The van der Waals surface area contributed by atoms with Crippen LogP contribution in [0.2, 0.25) is 0 Å². The first-order valence-electron chi connectivity index (χ1n) is 4.98. The predicted octanol–water partition coefficient (Wildman–Crippen LogP) is 1.55. The first-order valence-corrected chi connectivity index (χ1v) is 4.98. The van der Waals surface area contributed by atoms with Crippen molar-refractivity contribution in [3.63, 3.8) is 0 Å². The van der Waals surface area contributed by atoms with Crippen molar-refractivity contribution in [3.05, 3.63) is 42.2 Å². The number of hydrogen-bond donors (Lipinski definition) is 2. The number of carbonyl (C=O) groups excluding carboxylic acids is 1. The van der Waals surface area contributed by atoms with Crippen molar-refractivity contribution >= 4 is 11.9 Å². The molecule has 0 fully saturated rings. The summed E-state index contributed by atoms with van der Waals surface area (Å²) >= 11 is 0. The van der Waals surface area contributed by atoms with E-state index in [1.807, 2.05) is 37.3 Å². The molecular weight excluding hydrogens is 204 g/mol. The number of benzene rings is 1. The zero-order valence-electron chi connectivity index (χ0n) is 8.84. The van der Waals surface area contributed by atoms with Gasteiger partial charge in [0.25, 0.3) is 0 Å². The van der Waals surface area contributed by atoms with Crippen LogP contribution in [0, 0.1) is 0 Å². The molecule has 5 nitrogen and oxygen atoms in total. The number of rotatable bonds is 3. The van der Waals surface area contributed by atoms with Gasteiger partial charge >= 0.3 is 0 Å². The van der Waals surface area contributed by atoms with Gasteiger partial charge < -0.3 is 0 Å². The van der Waals surface area contributed by atoms with Crippen LogP contribution in [0.1, 0.15) is 18.4 Å². The van der Waals surface area contributed by atoms with Crippen LogP contribution < -0.4 is 5.32 Å². The van der Waals surface area contributed by atoms with Gasteiger partial charge in [-0.15, -0.1) is 0 Å². The lowest BCUT2D eigenvalue weighted by atomic mass is 10.0. The summed E-state index contributed by atoms with van der Waals surface area (Å²) in [5, 5.41) is 8.89. The maximum atomic E-state index is 11.8. The number of aromatic amines is 1. The van der Waals surface area contributed by atoms with Crippen LogP contribution in [0.25, 0.3) is 0 Å². The number of nitrogens with zero attached hydrogens (tertiary/aromatic N) is 2. The van der Waals surface area contributed by atoms with Crippen molar-refractivity contribution in [2.24, 2.45) is 0 Å². The molecule has 0 aliphatic rings. The van der Waals surface area contributed by atoms with E-state index in [9.17, 15) is 4.79 Å². The highest BCUT2D eigenvalue weighted by Gasteiger charge is 2.15. The van der Waals surface area contributed by atoms with Gasteiger partial charge in [0.15, 0.2) is 0 Å². The summed E-state index contributed by atoms with van der Waals surface area (Å²) < 4.78 is 0. The molecule has 1 aromatic heterocycles. The maximum Gasteiger partial charge on any atom is 0.233 e. The summed E-state index contributed by atoms with van der Waals surface area (Å²) in [5.41, 5.74) is 0.972. The third-order valence-electron chi connectivity index (χ3n) is 2.35. The Balaban J connectivity index is 2.05. The number of aromatic nitrogens is 3. The SMILES string of the molecule is CC(C(=O)Nc1ncn[nH]1)c1ccccc1. The molecule has 0 aliphatic carbocycles. The van der Waals surface area contributed by atoms with Gasteiger partial charge in [-0.05, 0) is 12.5 Å². The van der Waals surface area contributed by atoms with Gasteiger partial charge in [0.1, 0.15) is 6.33 Å². The minimum atomic E-state index is -0.216. The minimum absolute atomic E-state index is 0.108. The molecule has 1 amide bonds. The van der Waals surface area contributed by atoms with Crippen LogP contribution >= 0.6 is 0 Å². The average Bonchev–Trinajstić information content (AvgIpc) is 2.82. The second-order valence-corrected chi connectivity index (χ2v) is 3.46. The van der Waals surface area contributed by atoms with Crippen LogP contribution in [0.15, 0.2) is 36.7 Å². The van der Waals surface area contributed by atoms with Crippen LogP contribution in [-0.4, -0.2) is 21.1 Å². The van der Waals surface area contributed by atoms with E-state index < -0.39 is 0 Å². The number of nitrogens with one attached hydrogen (secondary N) is 2. The fraction of sp³-hybridized carbons (Fsp3) is 0.182. The molecule has 0 bridgehead atoms. The van der Waals surface area contributed by atoms with Crippen LogP contribution in [0.5, 0.6) is 0 Å². The van der Waals surface area contributed by atoms with E-state index in [0.717, 1.165) is 5.56 Å². The van der Waals surface area contributed by atoms with E-state index in [0.29, 0.717) is 5.95 Å². The molecule has 2 aromatic rings. The molecule has 16 heavy (non-hydrogen) atoms. The normalized spacial score (nSPS) is 12.1. The summed E-state index contributed by atoms with van der Waals surface area (Å²) in [6.45, 7) is 1.85. The van der Waals surface area contributed by atoms with E-state index >= 15 is 0 Å². The molecule has 2 rings (SSSR count). The smallest absolute Gasteiger partial charge is 0.233 e. The van der Waals surface area contributed by atoms with Gasteiger partial charge in [-0.25, -0.2) is 5.10 Å². The van der Waals surface area contributed by atoms with Crippen molar-refractivity contribution in [2.45, 2.75) is 12.8 Å². The molecule has 1 atom stereocenters. The number of carbonyl (C=O) groups is 1. The van der Waals surface area contributed by atoms with Gasteiger partial charge in [0, 0.05) is 0 Å². The van der Waals surface area contributed by atoms with Crippen molar-refractivity contribution in [2.75, 3.05) is 5.32 Å². The van der Waals surface area contributed by atoms with Crippen LogP contribution in [0.3, 0.4) is 0 Å². The van der Waals surface area contributed by atoms with Crippen LogP contribution in [-0.2, 0) is 4.79 Å². The van der Waals surface area contributed by atoms with Crippen LogP contribution in [0.4, 0.5) is 5.95 Å². The number of hydrogen-bond acceptors (Lipinski definition) is 3. The number of amides is 1. The highest BCUT2D eigenvalue weighted by molar-refractivity contribution is 5.94. The number of anilines is 1. The lowest BCUT2D eigenvalue weighted by Crippen LogP contribution is -2.19. The first kappa shape index (κ1) is 10.4. The lowest BCUT2D eigenvalue weighted by Gasteiger charge is -2.10. The fourth-order valence-corrected chi connectivity index (χ4v) is 1.38. The molecule has 0 aliphatic heterocycles. The molecular formula is C11H12N4O. The van der Waals surface area contributed by atoms with E-state index in [4.69, 9.17) is 0 Å². The molecule has 0 saturated carbocycles. The molecule has 1 heterocycles. The second-order valence-electron chi connectivity index (χ2n) is 3.46. The number of H-pyrrole nitrogens is 1. The fourth-order valence-electron chi connectivity index (χ4n) is 1.38. The van der Waals surface area contributed by atoms with Crippen molar-refractivity contribution < 1.29 is 4.79 Å². The second kappa shape index (κ2) is 4.57.